The van der Waals surface area contributed by atoms with E-state index in [2.05, 4.69) is 25.3 Å². The summed E-state index contributed by atoms with van der Waals surface area (Å²) in [7, 11) is 0. The molecule has 7 heteroatoms. The van der Waals surface area contributed by atoms with Crippen molar-refractivity contribution in [3.63, 3.8) is 0 Å². The average molecular weight is 301 g/mol. The Morgan fingerprint density at radius 1 is 1.36 bits per heavy atom. The molecule has 0 unspecified atom stereocenters. The first kappa shape index (κ1) is 14.5. The van der Waals surface area contributed by atoms with Crippen molar-refractivity contribution < 1.29 is 9.32 Å². The molecule has 1 saturated heterocycles. The Morgan fingerprint density at radius 2 is 2.18 bits per heavy atom. The minimum absolute atomic E-state index is 0.268. The lowest BCUT2D eigenvalue weighted by Crippen LogP contribution is -2.31. The normalized spacial score (nSPS) is 14.9. The molecule has 22 heavy (non-hydrogen) atoms. The van der Waals surface area contributed by atoms with Crippen molar-refractivity contribution in [2.75, 3.05) is 18.0 Å². The fourth-order valence-corrected chi connectivity index (χ4v) is 2.50. The standard InChI is InChI=1S/C15H19N5O2/c1-11-9-12(19-22-11)15(21)17-10-13-16-6-5-14(18-13)20-7-3-2-4-8-20/h5-6,9H,2-4,7-8,10H2,1H3,(H,17,21). The molecule has 3 rings (SSSR count). The summed E-state index contributed by atoms with van der Waals surface area (Å²) >= 11 is 0. The van der Waals surface area contributed by atoms with Crippen LogP contribution < -0.4 is 10.2 Å². The van der Waals surface area contributed by atoms with Gasteiger partial charge in [0, 0.05) is 25.4 Å². The highest BCUT2D eigenvalue weighted by atomic mass is 16.5. The smallest absolute Gasteiger partial charge is 0.273 e. The molecule has 7 nitrogen and oxygen atoms in total. The summed E-state index contributed by atoms with van der Waals surface area (Å²) in [5, 5.41) is 6.44. The molecule has 0 spiro atoms. The van der Waals surface area contributed by atoms with Crippen LogP contribution in [-0.2, 0) is 6.54 Å². The summed E-state index contributed by atoms with van der Waals surface area (Å²) in [6.07, 6.45) is 5.41. The van der Waals surface area contributed by atoms with Crippen molar-refractivity contribution in [2.45, 2.75) is 32.7 Å². The number of amides is 1. The highest BCUT2D eigenvalue weighted by molar-refractivity contribution is 5.92. The Kier molecular flexibility index (Phi) is 4.32. The highest BCUT2D eigenvalue weighted by Gasteiger charge is 2.14. The van der Waals surface area contributed by atoms with E-state index in [0.29, 0.717) is 11.6 Å². The van der Waals surface area contributed by atoms with E-state index in [1.54, 1.807) is 19.2 Å². The maximum atomic E-state index is 11.9. The molecule has 0 radical (unpaired) electrons. The monoisotopic (exact) mass is 301 g/mol. The molecule has 116 valence electrons. The number of carbonyl (C=O) groups is 1. The maximum absolute atomic E-state index is 11.9. The van der Waals surface area contributed by atoms with E-state index in [1.165, 1.54) is 19.3 Å². The largest absolute Gasteiger partial charge is 0.361 e. The lowest BCUT2D eigenvalue weighted by molar-refractivity contribution is 0.0940. The summed E-state index contributed by atoms with van der Waals surface area (Å²) in [4.78, 5) is 22.9. The summed E-state index contributed by atoms with van der Waals surface area (Å²) in [6.45, 7) is 4.07. The average Bonchev–Trinajstić information content (AvgIpc) is 3.00. The number of piperidine rings is 1. The first-order chi connectivity index (χ1) is 10.7. The van der Waals surface area contributed by atoms with Crippen LogP contribution in [0.4, 0.5) is 5.82 Å². The zero-order valence-corrected chi connectivity index (χ0v) is 12.6. The Labute approximate surface area is 128 Å². The van der Waals surface area contributed by atoms with Gasteiger partial charge in [-0.1, -0.05) is 5.16 Å². The molecule has 2 aromatic rings. The second kappa shape index (κ2) is 6.55. The van der Waals surface area contributed by atoms with Crippen molar-refractivity contribution >= 4 is 11.7 Å². The van der Waals surface area contributed by atoms with Crippen molar-refractivity contribution in [3.05, 3.63) is 35.6 Å². The summed E-state index contributed by atoms with van der Waals surface area (Å²) in [5.74, 6) is 1.84. The topological polar surface area (TPSA) is 84.2 Å². The minimum atomic E-state index is -0.288. The lowest BCUT2D eigenvalue weighted by atomic mass is 10.1. The molecule has 2 aromatic heterocycles. The number of rotatable bonds is 4. The number of aryl methyl sites for hydroxylation is 1. The number of nitrogens with zero attached hydrogens (tertiary/aromatic N) is 4. The van der Waals surface area contributed by atoms with Crippen LogP contribution >= 0.6 is 0 Å². The predicted octanol–water partition coefficient (Wildman–Crippen LogP) is 1.69. The van der Waals surface area contributed by atoms with Gasteiger partial charge in [-0.05, 0) is 32.3 Å². The van der Waals surface area contributed by atoms with Crippen LogP contribution in [0.3, 0.4) is 0 Å². The molecular formula is C15H19N5O2. The number of hydrogen-bond acceptors (Lipinski definition) is 6. The summed E-state index contributed by atoms with van der Waals surface area (Å²) < 4.78 is 4.89. The molecule has 0 bridgehead atoms. The van der Waals surface area contributed by atoms with Gasteiger partial charge < -0.3 is 14.7 Å². The molecule has 0 aromatic carbocycles. The molecule has 0 aliphatic carbocycles. The summed E-state index contributed by atoms with van der Waals surface area (Å²) in [6, 6.07) is 3.51. The molecular weight excluding hydrogens is 282 g/mol. The van der Waals surface area contributed by atoms with Crippen LogP contribution in [0.15, 0.2) is 22.9 Å². The van der Waals surface area contributed by atoms with Gasteiger partial charge in [-0.3, -0.25) is 4.79 Å². The van der Waals surface area contributed by atoms with Gasteiger partial charge in [-0.25, -0.2) is 9.97 Å². The second-order valence-electron chi connectivity index (χ2n) is 5.38. The molecule has 1 amide bonds. The first-order valence-corrected chi connectivity index (χ1v) is 7.51. The maximum Gasteiger partial charge on any atom is 0.273 e. The van der Waals surface area contributed by atoms with Crippen molar-refractivity contribution in [3.8, 4) is 0 Å². The van der Waals surface area contributed by atoms with Gasteiger partial charge in [-0.2, -0.15) is 0 Å². The van der Waals surface area contributed by atoms with Crippen LogP contribution in [0.5, 0.6) is 0 Å². The number of nitrogens with one attached hydrogen (secondary N) is 1. The Morgan fingerprint density at radius 3 is 2.91 bits per heavy atom. The third-order valence-electron chi connectivity index (χ3n) is 3.64. The van der Waals surface area contributed by atoms with Crippen molar-refractivity contribution in [2.24, 2.45) is 0 Å². The van der Waals surface area contributed by atoms with Crippen LogP contribution in [0.1, 0.15) is 41.3 Å². The van der Waals surface area contributed by atoms with Gasteiger partial charge in [0.05, 0.1) is 6.54 Å². The predicted molar refractivity (Wildman–Crippen MR) is 80.5 cm³/mol. The fourth-order valence-electron chi connectivity index (χ4n) is 2.50. The van der Waals surface area contributed by atoms with Gasteiger partial charge in [0.1, 0.15) is 17.4 Å². The lowest BCUT2D eigenvalue weighted by Gasteiger charge is -2.27. The zero-order chi connectivity index (χ0) is 15.4. The van der Waals surface area contributed by atoms with Gasteiger partial charge in [0.25, 0.3) is 5.91 Å². The van der Waals surface area contributed by atoms with E-state index in [0.717, 1.165) is 18.9 Å². The third-order valence-corrected chi connectivity index (χ3v) is 3.64. The van der Waals surface area contributed by atoms with Gasteiger partial charge in [0.2, 0.25) is 0 Å². The van der Waals surface area contributed by atoms with Gasteiger partial charge >= 0.3 is 0 Å². The van der Waals surface area contributed by atoms with E-state index >= 15 is 0 Å². The van der Waals surface area contributed by atoms with Crippen LogP contribution in [0.25, 0.3) is 0 Å². The number of hydrogen-bond donors (Lipinski definition) is 1. The van der Waals surface area contributed by atoms with Crippen LogP contribution in [0, 0.1) is 6.92 Å². The fraction of sp³-hybridized carbons (Fsp3) is 0.467. The minimum Gasteiger partial charge on any atom is -0.361 e. The molecule has 0 saturated carbocycles. The number of carbonyl (C=O) groups excluding carboxylic acids is 1. The number of anilines is 1. The van der Waals surface area contributed by atoms with E-state index in [4.69, 9.17) is 4.52 Å². The molecule has 1 aliphatic rings. The van der Waals surface area contributed by atoms with Crippen LogP contribution in [0.2, 0.25) is 0 Å². The Balaban J connectivity index is 1.61. The van der Waals surface area contributed by atoms with Gasteiger partial charge in [0.15, 0.2) is 5.69 Å². The quantitative estimate of drug-likeness (QED) is 0.925. The highest BCUT2D eigenvalue weighted by Crippen LogP contribution is 2.16. The molecule has 1 fully saturated rings. The molecule has 1 aliphatic heterocycles. The van der Waals surface area contributed by atoms with E-state index in [9.17, 15) is 4.79 Å². The van der Waals surface area contributed by atoms with E-state index in [-0.39, 0.29) is 18.1 Å². The SMILES string of the molecule is Cc1cc(C(=O)NCc2nccc(N3CCCCC3)n2)no1. The number of aromatic nitrogens is 3. The second-order valence-corrected chi connectivity index (χ2v) is 5.38. The van der Waals surface area contributed by atoms with Crippen LogP contribution in [-0.4, -0.2) is 34.1 Å². The van der Waals surface area contributed by atoms with Crippen molar-refractivity contribution in [1.29, 1.82) is 0 Å². The van der Waals surface area contributed by atoms with Gasteiger partial charge in [-0.15, -0.1) is 0 Å². The van der Waals surface area contributed by atoms with E-state index in [1.807, 2.05) is 6.07 Å². The molecule has 3 heterocycles. The first-order valence-electron chi connectivity index (χ1n) is 7.51. The third kappa shape index (κ3) is 3.41. The Hall–Kier alpha value is -2.44. The van der Waals surface area contributed by atoms with Crippen molar-refractivity contribution in [1.82, 2.24) is 20.4 Å². The zero-order valence-electron chi connectivity index (χ0n) is 12.6. The molecule has 0 atom stereocenters. The summed E-state index contributed by atoms with van der Waals surface area (Å²) in [5.41, 5.74) is 0.268. The molecule has 1 N–H and O–H groups in total. The Bertz CT molecular complexity index is 649. The van der Waals surface area contributed by atoms with E-state index < -0.39 is 0 Å².